The van der Waals surface area contributed by atoms with Crippen molar-refractivity contribution in [1.82, 2.24) is 0 Å². The molecule has 0 saturated heterocycles. The monoisotopic (exact) mass is 388 g/mol. The highest BCUT2D eigenvalue weighted by Gasteiger charge is 2.63. The average Bonchev–Trinajstić information content (AvgIpc) is 2.98. The molecule has 0 bridgehead atoms. The number of carbonyl (C=O) groups excluding carboxylic acids is 2. The van der Waals surface area contributed by atoms with Gasteiger partial charge in [0.25, 0.3) is 6.47 Å². The molecule has 0 amide bonds. The second-order valence-corrected chi connectivity index (χ2v) is 11.3. The molecule has 0 radical (unpaired) electrons. The number of ether oxygens (including phenoxy) is 1. The van der Waals surface area contributed by atoms with E-state index in [0.29, 0.717) is 24.1 Å². The average molecular weight is 389 g/mol. The van der Waals surface area contributed by atoms with Gasteiger partial charge in [-0.15, -0.1) is 0 Å². The van der Waals surface area contributed by atoms with Crippen molar-refractivity contribution >= 4 is 12.3 Å². The van der Waals surface area contributed by atoms with E-state index in [2.05, 4.69) is 27.7 Å². The van der Waals surface area contributed by atoms with E-state index < -0.39 is 0 Å². The van der Waals surface area contributed by atoms with Crippen LogP contribution in [0.4, 0.5) is 0 Å². The van der Waals surface area contributed by atoms with Crippen molar-refractivity contribution in [3.8, 4) is 0 Å². The van der Waals surface area contributed by atoms with Crippen LogP contribution >= 0.6 is 0 Å². The van der Waals surface area contributed by atoms with Crippen molar-refractivity contribution in [2.75, 3.05) is 0 Å². The minimum absolute atomic E-state index is 0.0711. The number of hydrogen-bond acceptors (Lipinski definition) is 3. The van der Waals surface area contributed by atoms with Gasteiger partial charge in [0.1, 0.15) is 11.9 Å². The standard InChI is InChI=1S/C25H40O3/c1-5-6-16(2)20-9-10-21-19-8-7-17-13-18(28-15-26)11-12-24(17,3)23(19)22(27)14-25(20,21)4/h15-21,23H,5-14H2,1-4H3/t16-,17?,18?,19+,20-,21+,23-,24+,25-/m1/s1. The first-order valence-electron chi connectivity index (χ1n) is 12.0. The van der Waals surface area contributed by atoms with Crippen molar-refractivity contribution in [2.24, 2.45) is 46.3 Å². The van der Waals surface area contributed by atoms with Crippen LogP contribution in [-0.2, 0) is 14.3 Å². The molecule has 4 rings (SSSR count). The fourth-order valence-electron chi connectivity index (χ4n) is 8.86. The van der Waals surface area contributed by atoms with Crippen LogP contribution in [-0.4, -0.2) is 18.4 Å². The molecule has 3 heteroatoms. The highest BCUT2D eigenvalue weighted by Crippen LogP contribution is 2.67. The number of ketones is 1. The van der Waals surface area contributed by atoms with E-state index in [1.165, 1.54) is 38.5 Å². The zero-order valence-corrected chi connectivity index (χ0v) is 18.4. The highest BCUT2D eigenvalue weighted by atomic mass is 16.5. The molecule has 0 aromatic carbocycles. The molecular formula is C25H40O3. The van der Waals surface area contributed by atoms with Gasteiger partial charge < -0.3 is 4.74 Å². The molecule has 158 valence electrons. The lowest BCUT2D eigenvalue weighted by molar-refractivity contribution is -0.166. The normalized spacial score (nSPS) is 48.9. The third-order valence-corrected chi connectivity index (χ3v) is 10.1. The first-order chi connectivity index (χ1) is 13.3. The quantitative estimate of drug-likeness (QED) is 0.559. The molecule has 0 N–H and O–H groups in total. The molecule has 0 aromatic heterocycles. The van der Waals surface area contributed by atoms with Gasteiger partial charge in [-0.3, -0.25) is 9.59 Å². The Bertz CT molecular complexity index is 615. The van der Waals surface area contributed by atoms with Crippen LogP contribution in [0.3, 0.4) is 0 Å². The van der Waals surface area contributed by atoms with Crippen LogP contribution in [0.25, 0.3) is 0 Å². The number of hydrogen-bond donors (Lipinski definition) is 0. The lowest BCUT2D eigenvalue weighted by Gasteiger charge is -2.60. The first-order valence-corrected chi connectivity index (χ1v) is 12.0. The molecule has 0 aliphatic heterocycles. The molecule has 3 nitrogen and oxygen atoms in total. The summed E-state index contributed by atoms with van der Waals surface area (Å²) >= 11 is 0. The Kier molecular flexibility index (Phi) is 5.42. The maximum atomic E-state index is 13.7. The summed E-state index contributed by atoms with van der Waals surface area (Å²) in [5.74, 6) is 4.16. The van der Waals surface area contributed by atoms with Gasteiger partial charge in [-0.05, 0) is 85.4 Å². The lowest BCUT2D eigenvalue weighted by Crippen LogP contribution is -2.58. The van der Waals surface area contributed by atoms with E-state index in [1.54, 1.807) is 0 Å². The number of fused-ring (bicyclic) bond motifs is 5. The van der Waals surface area contributed by atoms with Gasteiger partial charge >= 0.3 is 0 Å². The molecule has 4 aliphatic carbocycles. The summed E-state index contributed by atoms with van der Waals surface area (Å²) in [6.07, 6.45) is 11.5. The fraction of sp³-hybridized carbons (Fsp3) is 0.920. The van der Waals surface area contributed by atoms with Crippen molar-refractivity contribution in [3.05, 3.63) is 0 Å². The number of Topliss-reactive ketones (excluding diaryl/α,β-unsaturated/α-hetero) is 1. The number of rotatable bonds is 5. The molecule has 0 spiro atoms. The Morgan fingerprint density at radius 3 is 2.64 bits per heavy atom. The predicted octanol–water partition coefficient (Wildman–Crippen LogP) is 5.80. The summed E-state index contributed by atoms with van der Waals surface area (Å²) in [4.78, 5) is 24.5. The smallest absolute Gasteiger partial charge is 0.293 e. The topological polar surface area (TPSA) is 43.4 Å². The van der Waals surface area contributed by atoms with Gasteiger partial charge in [-0.1, -0.05) is 40.5 Å². The van der Waals surface area contributed by atoms with Gasteiger partial charge in [0.15, 0.2) is 0 Å². The second-order valence-electron chi connectivity index (χ2n) is 11.3. The highest BCUT2D eigenvalue weighted by molar-refractivity contribution is 5.84. The first kappa shape index (κ1) is 20.4. The van der Waals surface area contributed by atoms with Crippen LogP contribution in [0.15, 0.2) is 0 Å². The van der Waals surface area contributed by atoms with Crippen molar-refractivity contribution in [1.29, 1.82) is 0 Å². The predicted molar refractivity (Wildman–Crippen MR) is 111 cm³/mol. The van der Waals surface area contributed by atoms with Crippen molar-refractivity contribution in [2.45, 2.75) is 98.0 Å². The van der Waals surface area contributed by atoms with E-state index >= 15 is 0 Å². The molecule has 4 saturated carbocycles. The van der Waals surface area contributed by atoms with Gasteiger partial charge in [-0.2, -0.15) is 0 Å². The summed E-state index contributed by atoms with van der Waals surface area (Å²) < 4.78 is 5.32. The van der Waals surface area contributed by atoms with Crippen LogP contribution in [0.2, 0.25) is 0 Å². The van der Waals surface area contributed by atoms with Crippen molar-refractivity contribution < 1.29 is 14.3 Å². The largest absolute Gasteiger partial charge is 0.465 e. The third-order valence-electron chi connectivity index (χ3n) is 10.1. The van der Waals surface area contributed by atoms with E-state index in [0.717, 1.165) is 43.4 Å². The summed E-state index contributed by atoms with van der Waals surface area (Å²) in [5.41, 5.74) is 0.352. The maximum absolute atomic E-state index is 13.7. The Morgan fingerprint density at radius 2 is 1.93 bits per heavy atom. The Balaban J connectivity index is 1.58. The van der Waals surface area contributed by atoms with Crippen molar-refractivity contribution in [3.63, 3.8) is 0 Å². The molecular weight excluding hydrogens is 348 g/mol. The van der Waals surface area contributed by atoms with Gasteiger partial charge in [0.2, 0.25) is 0 Å². The minimum atomic E-state index is 0.0711. The second kappa shape index (κ2) is 7.43. The Labute approximate surface area is 171 Å². The summed E-state index contributed by atoms with van der Waals surface area (Å²) in [6.45, 7) is 10.2. The van der Waals surface area contributed by atoms with Gasteiger partial charge in [0, 0.05) is 12.3 Å². The Hall–Kier alpha value is -0.860. The molecule has 0 heterocycles. The SMILES string of the molecule is CCC[C@@H](C)[C@H]1CC[C@H]2[C@@H]3CCC4CC(OC=O)CC[C@]4(C)[C@H]3C(=O)C[C@]12C. The Morgan fingerprint density at radius 1 is 1.14 bits per heavy atom. The number of carbonyl (C=O) groups is 2. The van der Waals surface area contributed by atoms with E-state index in [4.69, 9.17) is 4.74 Å². The maximum Gasteiger partial charge on any atom is 0.293 e. The van der Waals surface area contributed by atoms with E-state index in [9.17, 15) is 9.59 Å². The molecule has 0 aromatic rings. The molecule has 28 heavy (non-hydrogen) atoms. The summed E-state index contributed by atoms with van der Waals surface area (Å²) in [5, 5.41) is 0. The molecule has 4 aliphatic rings. The summed E-state index contributed by atoms with van der Waals surface area (Å²) in [6, 6.07) is 0. The van der Waals surface area contributed by atoms with Crippen LogP contribution in [0.5, 0.6) is 0 Å². The van der Waals surface area contributed by atoms with Crippen LogP contribution in [0.1, 0.15) is 91.9 Å². The molecule has 4 fully saturated rings. The fourth-order valence-corrected chi connectivity index (χ4v) is 8.86. The lowest BCUT2D eigenvalue weighted by atomic mass is 9.44. The zero-order valence-electron chi connectivity index (χ0n) is 18.4. The third kappa shape index (κ3) is 2.98. The van der Waals surface area contributed by atoms with Crippen LogP contribution < -0.4 is 0 Å². The van der Waals surface area contributed by atoms with E-state index in [1.807, 2.05) is 0 Å². The van der Waals surface area contributed by atoms with Gasteiger partial charge in [0.05, 0.1) is 0 Å². The zero-order chi connectivity index (χ0) is 20.1. The van der Waals surface area contributed by atoms with E-state index in [-0.39, 0.29) is 22.9 Å². The van der Waals surface area contributed by atoms with Gasteiger partial charge in [-0.25, -0.2) is 0 Å². The van der Waals surface area contributed by atoms with Crippen LogP contribution in [0, 0.1) is 46.3 Å². The summed E-state index contributed by atoms with van der Waals surface area (Å²) in [7, 11) is 0. The molecule has 9 atom stereocenters. The molecule has 2 unspecified atom stereocenters. The minimum Gasteiger partial charge on any atom is -0.465 e.